The van der Waals surface area contributed by atoms with Crippen LogP contribution in [0.25, 0.3) is 0 Å². The van der Waals surface area contributed by atoms with E-state index in [0.29, 0.717) is 28.1 Å². The maximum Gasteiger partial charge on any atom is 0.255 e. The molecule has 0 spiro atoms. The Hall–Kier alpha value is -2.87. The molecule has 0 bridgehead atoms. The number of carbonyl (C=O) groups excluding carboxylic acids is 4. The lowest BCUT2D eigenvalue weighted by Gasteiger charge is -2.29. The molecular formula is C17H13N3O4S. The lowest BCUT2D eigenvalue weighted by atomic mass is 10.0. The van der Waals surface area contributed by atoms with Crippen molar-refractivity contribution in [1.29, 1.82) is 0 Å². The summed E-state index contributed by atoms with van der Waals surface area (Å²) in [6.07, 6.45) is 2.10. The molecule has 0 aliphatic carbocycles. The van der Waals surface area contributed by atoms with Crippen LogP contribution < -0.4 is 5.32 Å². The average Bonchev–Trinajstić information content (AvgIpc) is 3.23. The molecule has 3 amide bonds. The van der Waals surface area contributed by atoms with E-state index in [1.165, 1.54) is 16.2 Å². The maximum atomic E-state index is 12.6. The van der Waals surface area contributed by atoms with Gasteiger partial charge in [0.15, 0.2) is 5.01 Å². The van der Waals surface area contributed by atoms with Gasteiger partial charge in [-0.15, -0.1) is 11.3 Å². The minimum absolute atomic E-state index is 0.190. The van der Waals surface area contributed by atoms with Gasteiger partial charge >= 0.3 is 0 Å². The van der Waals surface area contributed by atoms with E-state index < -0.39 is 11.9 Å². The van der Waals surface area contributed by atoms with Crippen LogP contribution in [0.2, 0.25) is 0 Å². The van der Waals surface area contributed by atoms with Crippen LogP contribution in [0.4, 0.5) is 0 Å². The van der Waals surface area contributed by atoms with Gasteiger partial charge in [-0.05, 0) is 24.1 Å². The molecule has 1 N–H and O–H groups in total. The zero-order valence-corrected chi connectivity index (χ0v) is 13.8. The number of benzene rings is 1. The molecular weight excluding hydrogens is 342 g/mol. The molecule has 126 valence electrons. The molecule has 0 radical (unpaired) electrons. The van der Waals surface area contributed by atoms with Crippen LogP contribution in [0.1, 0.15) is 44.1 Å². The zero-order chi connectivity index (χ0) is 17.6. The summed E-state index contributed by atoms with van der Waals surface area (Å²) in [6.45, 7) is 0.249. The Kier molecular flexibility index (Phi) is 3.69. The third kappa shape index (κ3) is 2.64. The summed E-state index contributed by atoms with van der Waals surface area (Å²) in [5, 5.41) is 4.39. The van der Waals surface area contributed by atoms with E-state index in [9.17, 15) is 19.2 Å². The highest BCUT2D eigenvalue weighted by Crippen LogP contribution is 2.28. The molecule has 1 fully saturated rings. The van der Waals surface area contributed by atoms with Gasteiger partial charge in [0, 0.05) is 35.7 Å². The van der Waals surface area contributed by atoms with Gasteiger partial charge in [0.25, 0.3) is 5.91 Å². The Morgan fingerprint density at radius 3 is 2.84 bits per heavy atom. The number of nitrogens with one attached hydrogen (secondary N) is 1. The number of piperidine rings is 1. The predicted molar refractivity (Wildman–Crippen MR) is 88.0 cm³/mol. The molecule has 2 aromatic rings. The molecule has 2 aliphatic rings. The summed E-state index contributed by atoms with van der Waals surface area (Å²) in [6, 6.07) is 4.25. The number of hydrogen-bond donors (Lipinski definition) is 1. The Labute approximate surface area is 146 Å². The van der Waals surface area contributed by atoms with Crippen LogP contribution in [0.3, 0.4) is 0 Å². The van der Waals surface area contributed by atoms with Crippen molar-refractivity contribution >= 4 is 34.8 Å². The molecule has 1 atom stereocenters. The minimum atomic E-state index is -0.657. The van der Waals surface area contributed by atoms with Gasteiger partial charge < -0.3 is 4.90 Å². The van der Waals surface area contributed by atoms with Gasteiger partial charge in [-0.2, -0.15) is 0 Å². The number of carbonyl (C=O) groups is 4. The number of nitrogens with zero attached hydrogens (tertiary/aromatic N) is 2. The standard InChI is InChI=1S/C17H13N3O4S/c21-13-4-3-12(15(23)19-13)20-8-10-7-9(1-2-11(10)17(20)24)14(22)16-18-5-6-25-16/h1-2,5-7,12H,3-4,8H2,(H,19,21,23). The monoisotopic (exact) mass is 355 g/mol. The number of amides is 3. The average molecular weight is 355 g/mol. The van der Waals surface area contributed by atoms with E-state index in [-0.39, 0.29) is 30.6 Å². The maximum absolute atomic E-state index is 12.6. The number of fused-ring (bicyclic) bond motifs is 1. The topological polar surface area (TPSA) is 96.4 Å². The number of thiazole rings is 1. The molecule has 4 rings (SSSR count). The van der Waals surface area contributed by atoms with Crippen LogP contribution in [-0.4, -0.2) is 39.4 Å². The normalized spacial score (nSPS) is 19.8. The highest BCUT2D eigenvalue weighted by molar-refractivity contribution is 7.11. The molecule has 3 heterocycles. The van der Waals surface area contributed by atoms with Crippen molar-refractivity contribution in [3.8, 4) is 0 Å². The summed E-state index contributed by atoms with van der Waals surface area (Å²) in [7, 11) is 0. The Balaban J connectivity index is 1.60. The quantitative estimate of drug-likeness (QED) is 0.658. The predicted octanol–water partition coefficient (Wildman–Crippen LogP) is 1.14. The fraction of sp³-hybridized carbons (Fsp3) is 0.235. The van der Waals surface area contributed by atoms with Gasteiger partial charge in [0.2, 0.25) is 17.6 Å². The third-order valence-corrected chi connectivity index (χ3v) is 5.18. The first-order valence-corrected chi connectivity index (χ1v) is 8.64. The number of hydrogen-bond acceptors (Lipinski definition) is 6. The Bertz CT molecular complexity index is 907. The van der Waals surface area contributed by atoms with Crippen molar-refractivity contribution in [1.82, 2.24) is 15.2 Å². The summed E-state index contributed by atoms with van der Waals surface area (Å²) in [4.78, 5) is 53.8. The van der Waals surface area contributed by atoms with Crippen molar-refractivity contribution in [2.45, 2.75) is 25.4 Å². The van der Waals surface area contributed by atoms with Crippen LogP contribution in [-0.2, 0) is 16.1 Å². The van der Waals surface area contributed by atoms with E-state index in [1.807, 2.05) is 0 Å². The first-order valence-electron chi connectivity index (χ1n) is 7.76. The van der Waals surface area contributed by atoms with E-state index in [4.69, 9.17) is 0 Å². The van der Waals surface area contributed by atoms with Gasteiger partial charge in [0.05, 0.1) is 0 Å². The van der Waals surface area contributed by atoms with Crippen molar-refractivity contribution in [3.05, 3.63) is 51.5 Å². The van der Waals surface area contributed by atoms with Gasteiger partial charge in [0.1, 0.15) is 6.04 Å². The Morgan fingerprint density at radius 2 is 2.12 bits per heavy atom. The van der Waals surface area contributed by atoms with Crippen LogP contribution in [0, 0.1) is 0 Å². The zero-order valence-electron chi connectivity index (χ0n) is 13.0. The second-order valence-electron chi connectivity index (χ2n) is 5.94. The van der Waals surface area contributed by atoms with E-state index in [0.717, 1.165) is 0 Å². The second-order valence-corrected chi connectivity index (χ2v) is 6.83. The molecule has 1 aromatic carbocycles. The summed E-state index contributed by atoms with van der Waals surface area (Å²) < 4.78 is 0. The number of imide groups is 1. The Morgan fingerprint density at radius 1 is 1.28 bits per heavy atom. The van der Waals surface area contributed by atoms with Gasteiger partial charge in [-0.3, -0.25) is 24.5 Å². The van der Waals surface area contributed by atoms with Crippen molar-refractivity contribution < 1.29 is 19.2 Å². The van der Waals surface area contributed by atoms with Crippen molar-refractivity contribution in [2.24, 2.45) is 0 Å². The molecule has 7 nitrogen and oxygen atoms in total. The fourth-order valence-electron chi connectivity index (χ4n) is 3.17. The SMILES string of the molecule is O=C1CCC(N2Cc3cc(C(=O)c4nccs4)ccc3C2=O)C(=O)N1. The molecule has 8 heteroatoms. The van der Waals surface area contributed by atoms with Gasteiger partial charge in [-0.25, -0.2) is 4.98 Å². The highest BCUT2D eigenvalue weighted by Gasteiger charge is 2.39. The van der Waals surface area contributed by atoms with Crippen molar-refractivity contribution in [3.63, 3.8) is 0 Å². The summed E-state index contributed by atoms with van der Waals surface area (Å²) >= 11 is 1.26. The van der Waals surface area contributed by atoms with E-state index >= 15 is 0 Å². The summed E-state index contributed by atoms with van der Waals surface area (Å²) in [5.41, 5.74) is 1.66. The van der Waals surface area contributed by atoms with Gasteiger partial charge in [-0.1, -0.05) is 6.07 Å². The largest absolute Gasteiger partial charge is 0.322 e. The smallest absolute Gasteiger partial charge is 0.255 e. The number of ketones is 1. The minimum Gasteiger partial charge on any atom is -0.322 e. The number of rotatable bonds is 3. The van der Waals surface area contributed by atoms with E-state index in [2.05, 4.69) is 10.3 Å². The third-order valence-electron chi connectivity index (χ3n) is 4.41. The van der Waals surface area contributed by atoms with Crippen LogP contribution in [0.15, 0.2) is 29.8 Å². The van der Waals surface area contributed by atoms with Crippen LogP contribution >= 0.6 is 11.3 Å². The first-order chi connectivity index (χ1) is 12.0. The second kappa shape index (κ2) is 5.89. The molecule has 0 saturated carbocycles. The summed E-state index contributed by atoms with van der Waals surface area (Å²) in [5.74, 6) is -1.21. The molecule has 2 aliphatic heterocycles. The fourth-order valence-corrected chi connectivity index (χ4v) is 3.77. The lowest BCUT2D eigenvalue weighted by molar-refractivity contribution is -0.136. The lowest BCUT2D eigenvalue weighted by Crippen LogP contribution is -2.52. The molecule has 1 saturated heterocycles. The van der Waals surface area contributed by atoms with Crippen molar-refractivity contribution in [2.75, 3.05) is 0 Å². The number of aromatic nitrogens is 1. The molecule has 25 heavy (non-hydrogen) atoms. The first kappa shape index (κ1) is 15.6. The molecule has 1 unspecified atom stereocenters. The van der Waals surface area contributed by atoms with Crippen LogP contribution in [0.5, 0.6) is 0 Å². The van der Waals surface area contributed by atoms with E-state index in [1.54, 1.807) is 29.8 Å². The highest BCUT2D eigenvalue weighted by atomic mass is 32.1. The molecule has 1 aromatic heterocycles.